The maximum Gasteiger partial charge on any atom is 0.231 e. The number of rotatable bonds is 4. The molecule has 0 atom stereocenters. The van der Waals surface area contributed by atoms with Crippen LogP contribution in [0.5, 0.6) is 17.2 Å². The average molecular weight is 225 g/mol. The van der Waals surface area contributed by atoms with Crippen LogP contribution in [0.3, 0.4) is 0 Å². The highest BCUT2D eigenvalue weighted by molar-refractivity contribution is 5.46. The molecule has 16 heavy (non-hydrogen) atoms. The second kappa shape index (κ2) is 4.85. The summed E-state index contributed by atoms with van der Waals surface area (Å²) in [6.45, 7) is 0.243. The van der Waals surface area contributed by atoms with E-state index in [0.717, 1.165) is 0 Å². The van der Waals surface area contributed by atoms with Gasteiger partial charge < -0.3 is 19.9 Å². The van der Waals surface area contributed by atoms with Crippen LogP contribution in [-0.4, -0.2) is 19.9 Å². The first-order valence-corrected chi connectivity index (χ1v) is 4.86. The predicted octanol–water partition coefficient (Wildman–Crippen LogP) is 1.61. The molecule has 1 aliphatic heterocycles. The molecule has 0 saturated carbocycles. The average Bonchev–Trinajstić information content (AvgIpc) is 2.74. The Hall–Kier alpha value is -1.75. The Morgan fingerprint density at radius 3 is 3.06 bits per heavy atom. The molecule has 0 saturated heterocycles. The monoisotopic (exact) mass is 225 g/mol. The lowest BCUT2D eigenvalue weighted by Crippen LogP contribution is -2.01. The van der Waals surface area contributed by atoms with E-state index in [1.807, 2.05) is 0 Å². The molecular formula is C11H12FNO3. The number of hydrogen-bond donors (Lipinski definition) is 1. The summed E-state index contributed by atoms with van der Waals surface area (Å²) in [6, 6.07) is 5.09. The largest absolute Gasteiger partial charge is 0.486 e. The van der Waals surface area contributed by atoms with Crippen LogP contribution in [-0.2, 0) is 0 Å². The molecule has 0 unspecified atom stereocenters. The first kappa shape index (κ1) is 10.8. The van der Waals surface area contributed by atoms with Gasteiger partial charge in [-0.2, -0.15) is 0 Å². The fourth-order valence-corrected chi connectivity index (χ4v) is 1.31. The zero-order valence-electron chi connectivity index (χ0n) is 8.61. The predicted molar refractivity (Wildman–Crippen MR) is 56.3 cm³/mol. The van der Waals surface area contributed by atoms with Gasteiger partial charge in [0.15, 0.2) is 11.5 Å². The zero-order valence-corrected chi connectivity index (χ0v) is 8.61. The Morgan fingerprint density at radius 1 is 1.44 bits per heavy atom. The van der Waals surface area contributed by atoms with Crippen molar-refractivity contribution < 1.29 is 18.6 Å². The lowest BCUT2D eigenvalue weighted by Gasteiger charge is -2.05. The molecule has 1 aliphatic rings. The molecule has 2 rings (SSSR count). The molecule has 0 fully saturated rings. The van der Waals surface area contributed by atoms with Gasteiger partial charge in [0.05, 0.1) is 0 Å². The molecule has 1 heterocycles. The molecule has 5 heteroatoms. The highest BCUT2D eigenvalue weighted by Gasteiger charge is 2.13. The molecule has 1 aromatic rings. The number of hydrogen-bond acceptors (Lipinski definition) is 4. The molecule has 0 bridgehead atoms. The Morgan fingerprint density at radius 2 is 2.25 bits per heavy atom. The summed E-state index contributed by atoms with van der Waals surface area (Å²) in [6.07, 6.45) is 1.27. The van der Waals surface area contributed by atoms with Gasteiger partial charge in [-0.1, -0.05) is 0 Å². The van der Waals surface area contributed by atoms with Crippen molar-refractivity contribution in [3.05, 3.63) is 30.1 Å². The fourth-order valence-electron chi connectivity index (χ4n) is 1.31. The van der Waals surface area contributed by atoms with Crippen LogP contribution >= 0.6 is 0 Å². The number of benzene rings is 1. The first-order chi connectivity index (χ1) is 7.79. The molecule has 0 radical (unpaired) electrons. The van der Waals surface area contributed by atoms with E-state index in [0.29, 0.717) is 17.2 Å². The van der Waals surface area contributed by atoms with Gasteiger partial charge in [-0.15, -0.1) is 0 Å². The summed E-state index contributed by atoms with van der Waals surface area (Å²) in [5, 5.41) is 0. The van der Waals surface area contributed by atoms with Crippen LogP contribution in [0.25, 0.3) is 0 Å². The molecule has 0 spiro atoms. The second-order valence-electron chi connectivity index (χ2n) is 3.19. The number of fused-ring (bicyclic) bond motifs is 1. The normalized spacial score (nSPS) is 14.0. The van der Waals surface area contributed by atoms with E-state index in [4.69, 9.17) is 19.9 Å². The van der Waals surface area contributed by atoms with Crippen molar-refractivity contribution >= 4 is 0 Å². The zero-order chi connectivity index (χ0) is 11.4. The summed E-state index contributed by atoms with van der Waals surface area (Å²) in [5.74, 6) is 1.43. The summed E-state index contributed by atoms with van der Waals surface area (Å²) < 4.78 is 28.5. The third kappa shape index (κ3) is 2.43. The summed E-state index contributed by atoms with van der Waals surface area (Å²) in [5.41, 5.74) is 5.16. The Bertz CT molecular complexity index is 406. The van der Waals surface area contributed by atoms with Crippen molar-refractivity contribution in [1.29, 1.82) is 0 Å². The number of nitrogens with two attached hydrogens (primary N) is 1. The highest BCUT2D eigenvalue weighted by atomic mass is 19.1. The number of halogens is 1. The third-order valence-electron chi connectivity index (χ3n) is 2.06. The molecule has 4 nitrogen and oxygen atoms in total. The highest BCUT2D eigenvalue weighted by Crippen LogP contribution is 2.35. The topological polar surface area (TPSA) is 53.7 Å². The Kier molecular flexibility index (Phi) is 3.26. The van der Waals surface area contributed by atoms with Crippen LogP contribution in [0.2, 0.25) is 0 Å². The van der Waals surface area contributed by atoms with E-state index >= 15 is 0 Å². The first-order valence-electron chi connectivity index (χ1n) is 4.86. The third-order valence-corrected chi connectivity index (χ3v) is 2.06. The molecular weight excluding hydrogens is 213 g/mol. The SMILES string of the molecule is NCC=C(F)COc1ccc2c(c1)OCO2. The standard InChI is InChI=1S/C11H12FNO3/c12-8(3-4-13)6-14-9-1-2-10-11(5-9)16-7-15-10/h1-3,5H,4,6-7,13H2. The van der Waals surface area contributed by atoms with Crippen molar-refractivity contribution in [1.82, 2.24) is 0 Å². The van der Waals surface area contributed by atoms with Gasteiger partial charge in [-0.05, 0) is 18.2 Å². The van der Waals surface area contributed by atoms with Crippen LogP contribution < -0.4 is 19.9 Å². The van der Waals surface area contributed by atoms with E-state index in [2.05, 4.69) is 0 Å². The maximum absolute atomic E-state index is 13.0. The van der Waals surface area contributed by atoms with Gasteiger partial charge in [0, 0.05) is 12.6 Å². The van der Waals surface area contributed by atoms with E-state index in [1.54, 1.807) is 18.2 Å². The summed E-state index contributed by atoms with van der Waals surface area (Å²) in [4.78, 5) is 0. The minimum absolute atomic E-state index is 0.128. The Labute approximate surface area is 92.4 Å². The molecule has 1 aromatic carbocycles. The second-order valence-corrected chi connectivity index (χ2v) is 3.19. The molecule has 2 N–H and O–H groups in total. The van der Waals surface area contributed by atoms with Gasteiger partial charge >= 0.3 is 0 Å². The summed E-state index contributed by atoms with van der Waals surface area (Å²) >= 11 is 0. The molecule has 0 aromatic heterocycles. The van der Waals surface area contributed by atoms with Gasteiger partial charge in [0.25, 0.3) is 0 Å². The van der Waals surface area contributed by atoms with Gasteiger partial charge in [-0.3, -0.25) is 0 Å². The van der Waals surface area contributed by atoms with Crippen LogP contribution in [0, 0.1) is 0 Å². The van der Waals surface area contributed by atoms with Gasteiger partial charge in [-0.25, -0.2) is 4.39 Å². The fraction of sp³-hybridized carbons (Fsp3) is 0.273. The minimum Gasteiger partial charge on any atom is -0.486 e. The van der Waals surface area contributed by atoms with Crippen molar-refractivity contribution in [2.24, 2.45) is 5.73 Å². The van der Waals surface area contributed by atoms with Gasteiger partial charge in [0.2, 0.25) is 6.79 Å². The van der Waals surface area contributed by atoms with E-state index < -0.39 is 0 Å². The maximum atomic E-state index is 13.0. The van der Waals surface area contributed by atoms with Gasteiger partial charge in [0.1, 0.15) is 18.2 Å². The lowest BCUT2D eigenvalue weighted by molar-refractivity contribution is 0.173. The van der Waals surface area contributed by atoms with Crippen molar-refractivity contribution in [3.8, 4) is 17.2 Å². The van der Waals surface area contributed by atoms with Crippen LogP contribution in [0.1, 0.15) is 0 Å². The van der Waals surface area contributed by atoms with Crippen molar-refractivity contribution in [2.45, 2.75) is 0 Å². The van der Waals surface area contributed by atoms with E-state index in [-0.39, 0.29) is 25.8 Å². The summed E-state index contributed by atoms with van der Waals surface area (Å²) in [7, 11) is 0. The lowest BCUT2D eigenvalue weighted by atomic mass is 10.3. The quantitative estimate of drug-likeness (QED) is 0.845. The number of ether oxygens (including phenoxy) is 3. The molecule has 0 amide bonds. The molecule has 0 aliphatic carbocycles. The van der Waals surface area contributed by atoms with Crippen LogP contribution in [0.15, 0.2) is 30.1 Å². The van der Waals surface area contributed by atoms with Crippen LogP contribution in [0.4, 0.5) is 4.39 Å². The van der Waals surface area contributed by atoms with E-state index in [9.17, 15) is 4.39 Å². The smallest absolute Gasteiger partial charge is 0.231 e. The minimum atomic E-state index is -0.389. The van der Waals surface area contributed by atoms with Crippen molar-refractivity contribution in [2.75, 3.05) is 19.9 Å². The van der Waals surface area contributed by atoms with Crippen molar-refractivity contribution in [3.63, 3.8) is 0 Å². The van der Waals surface area contributed by atoms with E-state index in [1.165, 1.54) is 6.08 Å². The molecule has 86 valence electrons. The Balaban J connectivity index is 1.98.